The summed E-state index contributed by atoms with van der Waals surface area (Å²) in [6, 6.07) is 11.6. The Kier molecular flexibility index (Phi) is 4.39. The standard InChI is InChI=1S/C21H16BrClO5/c1-3-20(17(24)11-4-7-13(23)8-5-11)16-14-10-12(22)6-9-15(14)28-19(26)21(16,20)18(25)27-2/h4-10,16H,3H2,1-2H3/t16-,20+,21+/m1/s1. The highest BCUT2D eigenvalue weighted by Crippen LogP contribution is 2.80. The molecule has 0 N–H and O–H groups in total. The molecule has 1 saturated carbocycles. The number of halogens is 2. The van der Waals surface area contributed by atoms with Crippen molar-refractivity contribution in [1.82, 2.24) is 0 Å². The molecule has 1 heterocycles. The summed E-state index contributed by atoms with van der Waals surface area (Å²) >= 11 is 9.36. The van der Waals surface area contributed by atoms with Crippen molar-refractivity contribution in [3.8, 4) is 5.75 Å². The van der Waals surface area contributed by atoms with E-state index in [1.165, 1.54) is 7.11 Å². The molecule has 4 rings (SSSR count). The van der Waals surface area contributed by atoms with Crippen LogP contribution in [-0.4, -0.2) is 24.8 Å². The van der Waals surface area contributed by atoms with Gasteiger partial charge in [0.15, 0.2) is 11.2 Å². The lowest BCUT2D eigenvalue weighted by Crippen LogP contribution is -2.40. The molecule has 2 aliphatic rings. The van der Waals surface area contributed by atoms with Gasteiger partial charge < -0.3 is 9.47 Å². The molecule has 0 spiro atoms. The van der Waals surface area contributed by atoms with E-state index in [-0.39, 0.29) is 12.2 Å². The van der Waals surface area contributed by atoms with Gasteiger partial charge in [-0.1, -0.05) is 34.5 Å². The Morgan fingerprint density at radius 3 is 2.50 bits per heavy atom. The van der Waals surface area contributed by atoms with Gasteiger partial charge in [-0.25, -0.2) is 0 Å². The third-order valence-corrected chi connectivity index (χ3v) is 6.68. The number of carbonyl (C=O) groups excluding carboxylic acids is 3. The molecule has 0 bridgehead atoms. The summed E-state index contributed by atoms with van der Waals surface area (Å²) in [6.45, 7) is 1.79. The molecule has 0 saturated heterocycles. The van der Waals surface area contributed by atoms with E-state index in [0.717, 1.165) is 4.47 Å². The SMILES string of the molecule is CC[C@@]1(C(=O)c2ccc(Cl)cc2)[C@H]2c3cc(Br)ccc3OC(=O)[C@@]21C(=O)OC. The summed E-state index contributed by atoms with van der Waals surface area (Å²) in [4.78, 5) is 39.6. The Hall–Kier alpha value is -2.18. The first-order valence-electron chi connectivity index (χ1n) is 8.75. The highest BCUT2D eigenvalue weighted by Gasteiger charge is 2.90. The van der Waals surface area contributed by atoms with Gasteiger partial charge in [-0.2, -0.15) is 0 Å². The lowest BCUT2D eigenvalue weighted by Gasteiger charge is -2.22. The molecule has 1 fully saturated rings. The number of ether oxygens (including phenoxy) is 2. The van der Waals surface area contributed by atoms with Gasteiger partial charge in [0.25, 0.3) is 0 Å². The summed E-state index contributed by atoms with van der Waals surface area (Å²) in [5, 5.41) is 0.492. The molecular formula is C21H16BrClO5. The second kappa shape index (κ2) is 6.42. The number of ketones is 1. The molecule has 0 amide bonds. The molecule has 0 unspecified atom stereocenters. The van der Waals surface area contributed by atoms with E-state index in [2.05, 4.69) is 15.9 Å². The normalized spacial score (nSPS) is 27.3. The fraction of sp³-hybridized carbons (Fsp3) is 0.286. The molecule has 2 aromatic rings. The summed E-state index contributed by atoms with van der Waals surface area (Å²) in [7, 11) is 1.21. The topological polar surface area (TPSA) is 69.7 Å². The smallest absolute Gasteiger partial charge is 0.330 e. The number of rotatable bonds is 4. The first-order chi connectivity index (χ1) is 13.3. The molecule has 5 nitrogen and oxygen atoms in total. The van der Waals surface area contributed by atoms with Crippen molar-refractivity contribution in [2.45, 2.75) is 19.3 Å². The van der Waals surface area contributed by atoms with E-state index in [4.69, 9.17) is 21.1 Å². The fourth-order valence-electron chi connectivity index (χ4n) is 4.71. The van der Waals surface area contributed by atoms with Gasteiger partial charge in [0, 0.05) is 26.5 Å². The average Bonchev–Trinajstić information content (AvgIpc) is 3.35. The molecule has 2 aromatic carbocycles. The van der Waals surface area contributed by atoms with Gasteiger partial charge in [-0.05, 0) is 48.9 Å². The van der Waals surface area contributed by atoms with Crippen LogP contribution in [0.1, 0.15) is 35.2 Å². The first kappa shape index (κ1) is 19.2. The van der Waals surface area contributed by atoms with Crippen LogP contribution in [0.2, 0.25) is 5.02 Å². The number of Topliss-reactive ketones (excluding diaryl/α,β-unsaturated/α-hetero) is 1. The van der Waals surface area contributed by atoms with E-state index in [1.54, 1.807) is 49.4 Å². The highest BCUT2D eigenvalue weighted by atomic mass is 79.9. The lowest BCUT2D eigenvalue weighted by molar-refractivity contribution is -0.160. The Balaban J connectivity index is 1.95. The summed E-state index contributed by atoms with van der Waals surface area (Å²) in [5.74, 6) is -2.10. The van der Waals surface area contributed by atoms with Crippen LogP contribution in [0.25, 0.3) is 0 Å². The van der Waals surface area contributed by atoms with E-state index in [1.807, 2.05) is 0 Å². The second-order valence-electron chi connectivity index (χ2n) is 6.97. The van der Waals surface area contributed by atoms with Gasteiger partial charge in [0.2, 0.25) is 0 Å². The largest absolute Gasteiger partial charge is 0.468 e. The van der Waals surface area contributed by atoms with Crippen molar-refractivity contribution in [3.05, 3.63) is 63.1 Å². The van der Waals surface area contributed by atoms with E-state index in [9.17, 15) is 14.4 Å². The van der Waals surface area contributed by atoms with Crippen molar-refractivity contribution < 1.29 is 23.9 Å². The number of carbonyl (C=O) groups is 3. The summed E-state index contributed by atoms with van der Waals surface area (Å²) in [6.07, 6.45) is 0.273. The predicted octanol–water partition coefficient (Wildman–Crippen LogP) is 4.56. The third-order valence-electron chi connectivity index (χ3n) is 5.93. The number of benzene rings is 2. The minimum atomic E-state index is -1.69. The van der Waals surface area contributed by atoms with Crippen molar-refractivity contribution >= 4 is 45.3 Å². The Morgan fingerprint density at radius 2 is 1.89 bits per heavy atom. The Morgan fingerprint density at radius 1 is 1.21 bits per heavy atom. The zero-order valence-electron chi connectivity index (χ0n) is 15.1. The van der Waals surface area contributed by atoms with Crippen LogP contribution in [0, 0.1) is 10.8 Å². The molecule has 1 aliphatic heterocycles. The van der Waals surface area contributed by atoms with E-state index >= 15 is 0 Å². The number of esters is 2. The van der Waals surface area contributed by atoms with Crippen LogP contribution in [0.4, 0.5) is 0 Å². The van der Waals surface area contributed by atoms with Crippen LogP contribution in [0.3, 0.4) is 0 Å². The minimum absolute atomic E-state index is 0.273. The van der Waals surface area contributed by atoms with Gasteiger partial charge >= 0.3 is 11.9 Å². The molecule has 7 heteroatoms. The van der Waals surface area contributed by atoms with Crippen molar-refractivity contribution in [2.24, 2.45) is 10.8 Å². The van der Waals surface area contributed by atoms with Crippen LogP contribution >= 0.6 is 27.5 Å². The van der Waals surface area contributed by atoms with Gasteiger partial charge in [-0.3, -0.25) is 14.4 Å². The molecule has 144 valence electrons. The number of methoxy groups -OCH3 is 1. The summed E-state index contributed by atoms with van der Waals surface area (Å²) < 4.78 is 11.2. The zero-order chi connectivity index (χ0) is 20.3. The first-order valence-corrected chi connectivity index (χ1v) is 9.92. The Labute approximate surface area is 175 Å². The number of fused-ring (bicyclic) bond motifs is 3. The van der Waals surface area contributed by atoms with Crippen molar-refractivity contribution in [3.63, 3.8) is 0 Å². The monoisotopic (exact) mass is 462 g/mol. The maximum absolute atomic E-state index is 13.6. The van der Waals surface area contributed by atoms with Crippen LogP contribution in [-0.2, 0) is 14.3 Å². The van der Waals surface area contributed by atoms with Gasteiger partial charge in [-0.15, -0.1) is 0 Å². The van der Waals surface area contributed by atoms with E-state index in [0.29, 0.717) is 21.9 Å². The summed E-state index contributed by atoms with van der Waals surface area (Å²) in [5.41, 5.74) is -1.95. The Bertz CT molecular complexity index is 1020. The molecule has 0 aromatic heterocycles. The highest BCUT2D eigenvalue weighted by molar-refractivity contribution is 9.10. The van der Waals surface area contributed by atoms with Gasteiger partial charge in [0.1, 0.15) is 5.75 Å². The molecule has 3 atom stereocenters. The van der Waals surface area contributed by atoms with Crippen molar-refractivity contribution in [1.29, 1.82) is 0 Å². The number of hydrogen-bond donors (Lipinski definition) is 0. The van der Waals surface area contributed by atoms with Crippen LogP contribution in [0.15, 0.2) is 46.9 Å². The van der Waals surface area contributed by atoms with Crippen LogP contribution in [0.5, 0.6) is 5.75 Å². The van der Waals surface area contributed by atoms with E-state index < -0.39 is 28.7 Å². The maximum Gasteiger partial charge on any atom is 0.330 e. The van der Waals surface area contributed by atoms with Crippen molar-refractivity contribution in [2.75, 3.05) is 7.11 Å². The third kappa shape index (κ3) is 2.22. The maximum atomic E-state index is 13.6. The predicted molar refractivity (Wildman–Crippen MR) is 105 cm³/mol. The second-order valence-corrected chi connectivity index (χ2v) is 8.32. The molecular weight excluding hydrogens is 448 g/mol. The molecule has 28 heavy (non-hydrogen) atoms. The zero-order valence-corrected chi connectivity index (χ0v) is 17.5. The van der Waals surface area contributed by atoms with Crippen LogP contribution < -0.4 is 4.74 Å². The van der Waals surface area contributed by atoms with Gasteiger partial charge in [0.05, 0.1) is 12.5 Å². The molecule has 1 aliphatic carbocycles. The minimum Gasteiger partial charge on any atom is -0.468 e. The molecule has 0 radical (unpaired) electrons. The number of hydrogen-bond acceptors (Lipinski definition) is 5. The fourth-order valence-corrected chi connectivity index (χ4v) is 5.21. The average molecular weight is 464 g/mol. The quantitative estimate of drug-likeness (QED) is 0.288. The lowest BCUT2D eigenvalue weighted by atomic mass is 9.83.